The first kappa shape index (κ1) is 77.4. The van der Waals surface area contributed by atoms with Crippen molar-refractivity contribution >= 4 is 24.3 Å². The molecule has 0 bridgehead atoms. The summed E-state index contributed by atoms with van der Waals surface area (Å²) in [6.45, 7) is 12.0. The first-order valence-corrected chi connectivity index (χ1v) is 36.3. The molecule has 2 rings (SSSR count). The van der Waals surface area contributed by atoms with Crippen LogP contribution in [0.25, 0.3) is 0 Å². The van der Waals surface area contributed by atoms with E-state index in [1.165, 1.54) is 315 Å². The Morgan fingerprint density at radius 1 is 0.317 bits per heavy atom. The maximum Gasteiger partial charge on any atom is 0.406 e. The molecule has 1 amide bonds. The van der Waals surface area contributed by atoms with Crippen LogP contribution >= 0.6 is 0 Å². The minimum Gasteiger partial charge on any atom is -0.453 e. The second-order valence-corrected chi connectivity index (χ2v) is 26.4. The summed E-state index contributed by atoms with van der Waals surface area (Å²) in [4.78, 5) is 52.9. The highest BCUT2D eigenvalue weighted by Gasteiger charge is 2.37. The molecule has 9 heteroatoms. The van der Waals surface area contributed by atoms with Crippen LogP contribution in [0, 0.1) is 47.3 Å². The van der Waals surface area contributed by atoms with E-state index in [9.17, 15) is 19.2 Å². The lowest BCUT2D eigenvalue weighted by molar-refractivity contribution is 0.0814. The van der Waals surface area contributed by atoms with Crippen molar-refractivity contribution < 1.29 is 23.9 Å². The van der Waals surface area contributed by atoms with Gasteiger partial charge in [0, 0.05) is 6.54 Å². The molecule has 2 aliphatic rings. The van der Waals surface area contributed by atoms with Crippen LogP contribution in [0.3, 0.4) is 0 Å². The van der Waals surface area contributed by atoms with E-state index in [0.29, 0.717) is 19.6 Å². The number of carbonyl (C=O) groups excluding carboxylic acids is 4. The van der Waals surface area contributed by atoms with Crippen LogP contribution in [0.5, 0.6) is 0 Å². The van der Waals surface area contributed by atoms with Crippen molar-refractivity contribution in [2.45, 2.75) is 362 Å². The van der Waals surface area contributed by atoms with Gasteiger partial charge in [0.25, 0.3) is 0 Å². The summed E-state index contributed by atoms with van der Waals surface area (Å²) in [5.41, 5.74) is 0. The van der Waals surface area contributed by atoms with Crippen LogP contribution in [0.15, 0.2) is 15.0 Å². The minimum atomic E-state index is -0.315. The molecule has 9 nitrogen and oxygen atoms in total. The van der Waals surface area contributed by atoms with Crippen molar-refractivity contribution in [3.63, 3.8) is 0 Å². The predicted octanol–water partition coefficient (Wildman–Crippen LogP) is 22.7. The molecule has 1 N–H and O–H groups in total. The summed E-state index contributed by atoms with van der Waals surface area (Å²) in [6.07, 6.45) is 75.4. The van der Waals surface area contributed by atoms with Crippen LogP contribution in [0.2, 0.25) is 0 Å². The van der Waals surface area contributed by atoms with Gasteiger partial charge in [-0.2, -0.15) is 0 Å². The van der Waals surface area contributed by atoms with Gasteiger partial charge in [-0.3, -0.25) is 0 Å². The number of hydrogen-bond donors (Lipinski definition) is 1. The smallest absolute Gasteiger partial charge is 0.406 e. The molecule has 0 heterocycles. The van der Waals surface area contributed by atoms with Crippen LogP contribution in [-0.4, -0.2) is 57.6 Å². The predicted molar refractivity (Wildman–Crippen MR) is 350 cm³/mol. The third-order valence-electron chi connectivity index (χ3n) is 19.7. The number of unbranched alkanes of at least 4 members (excludes halogenated alkanes) is 32. The van der Waals surface area contributed by atoms with E-state index >= 15 is 0 Å². The summed E-state index contributed by atoms with van der Waals surface area (Å²) < 4.78 is 4.65. The molecule has 0 spiro atoms. The van der Waals surface area contributed by atoms with E-state index in [0.717, 1.165) is 79.6 Å². The zero-order valence-electron chi connectivity index (χ0n) is 55.1. The van der Waals surface area contributed by atoms with Gasteiger partial charge in [-0.05, 0) is 98.7 Å². The summed E-state index contributed by atoms with van der Waals surface area (Å²) in [5.74, 6) is 7.69. The molecular formula is C73H136N4O5. The van der Waals surface area contributed by atoms with Crippen LogP contribution in [-0.2, 0) is 19.1 Å². The first-order chi connectivity index (χ1) is 40.4. The van der Waals surface area contributed by atoms with Crippen molar-refractivity contribution in [3.8, 4) is 0 Å². The van der Waals surface area contributed by atoms with E-state index in [2.05, 4.69) is 52.7 Å². The molecule has 8 atom stereocenters. The Kier molecular flexibility index (Phi) is 56.8. The zero-order chi connectivity index (χ0) is 59.5. The van der Waals surface area contributed by atoms with E-state index in [-0.39, 0.29) is 6.09 Å². The number of aliphatic imine (C=N–C) groups is 3. The summed E-state index contributed by atoms with van der Waals surface area (Å²) in [7, 11) is 1.42. The van der Waals surface area contributed by atoms with Gasteiger partial charge in [-0.25, -0.2) is 34.2 Å². The molecule has 82 heavy (non-hydrogen) atoms. The highest BCUT2D eigenvalue weighted by molar-refractivity contribution is 5.66. The van der Waals surface area contributed by atoms with Gasteiger partial charge in [-0.15, -0.1) is 0 Å². The van der Waals surface area contributed by atoms with Gasteiger partial charge in [0.05, 0.1) is 26.7 Å². The molecule has 0 radical (unpaired) electrons. The first-order valence-electron chi connectivity index (χ1n) is 36.3. The molecule has 0 aromatic heterocycles. The number of nitrogens with one attached hydrogen (secondary N) is 1. The van der Waals surface area contributed by atoms with Crippen LogP contribution < -0.4 is 5.32 Å². The molecule has 2 aliphatic carbocycles. The van der Waals surface area contributed by atoms with Gasteiger partial charge < -0.3 is 10.1 Å². The third kappa shape index (κ3) is 44.8. The van der Waals surface area contributed by atoms with Gasteiger partial charge in [0.1, 0.15) is 0 Å². The van der Waals surface area contributed by atoms with Crippen molar-refractivity contribution in [2.75, 3.05) is 33.3 Å². The van der Waals surface area contributed by atoms with Gasteiger partial charge in [0.15, 0.2) is 0 Å². The highest BCUT2D eigenvalue weighted by atomic mass is 16.5. The third-order valence-corrected chi connectivity index (χ3v) is 19.7. The van der Waals surface area contributed by atoms with E-state index in [1.54, 1.807) is 18.2 Å². The summed E-state index contributed by atoms with van der Waals surface area (Å²) in [5, 5.41) is 2.79. The Balaban J connectivity index is 0.000000821. The van der Waals surface area contributed by atoms with Crippen molar-refractivity contribution in [3.05, 3.63) is 0 Å². The molecule has 0 aromatic rings. The second-order valence-electron chi connectivity index (χ2n) is 26.4. The minimum absolute atomic E-state index is 0.315. The van der Waals surface area contributed by atoms with E-state index in [4.69, 9.17) is 0 Å². The normalized spacial score (nSPS) is 20.5. The SMILES string of the molecule is CCCCCCC1CC(CCCCCCCCN=C=O)C(CCCCCCCCN=C=O)CC1CCCCCC.CCCCCCC1CC(CCCCCCCCN=C=O)C(CCCCCCCCNC(=O)OC)CC1CCCCCC. The van der Waals surface area contributed by atoms with Gasteiger partial charge in [0.2, 0.25) is 18.2 Å². The number of hydrogen-bond acceptors (Lipinski definition) is 8. The Morgan fingerprint density at radius 3 is 0.720 bits per heavy atom. The molecule has 2 saturated carbocycles. The molecule has 478 valence electrons. The number of methoxy groups -OCH3 is 1. The van der Waals surface area contributed by atoms with Crippen LogP contribution in [0.4, 0.5) is 4.79 Å². The molecule has 0 saturated heterocycles. The maximum absolute atomic E-state index is 11.2. The number of ether oxygens (including phenoxy) is 1. The standard InChI is InChI=1S/C37H70N2O3.C36H66N2O2/c1-4-6-8-18-24-33-30-35(26-20-14-10-12-16-22-28-38-32-40)36(31-34(33)25-19-9-7-5-2)27-21-15-11-13-17-23-29-39-37(41)42-3;1-3-5-7-17-23-33-29-35(25-19-13-9-11-15-21-27-37-31-39)36(30-34(33)24-18-8-6-4-2)26-20-14-10-12-16-22-28-38-32-40/h33-36H,4-31H2,1-3H3,(H,39,41);33-36H,3-30H2,1-2H3. The lowest BCUT2D eigenvalue weighted by Gasteiger charge is -2.42. The topological polar surface area (TPSA) is 127 Å². The van der Waals surface area contributed by atoms with Crippen molar-refractivity contribution in [1.29, 1.82) is 0 Å². The van der Waals surface area contributed by atoms with Crippen molar-refractivity contribution in [2.24, 2.45) is 62.3 Å². The molecule has 8 unspecified atom stereocenters. The zero-order valence-corrected chi connectivity index (χ0v) is 55.1. The van der Waals surface area contributed by atoms with Gasteiger partial charge >= 0.3 is 6.09 Å². The number of isocyanates is 3. The lowest BCUT2D eigenvalue weighted by Crippen LogP contribution is -2.32. The maximum atomic E-state index is 11.2. The lowest BCUT2D eigenvalue weighted by atomic mass is 9.63. The fourth-order valence-corrected chi connectivity index (χ4v) is 14.8. The summed E-state index contributed by atoms with van der Waals surface area (Å²) >= 11 is 0. The fourth-order valence-electron chi connectivity index (χ4n) is 14.8. The molecule has 2 fully saturated rings. The summed E-state index contributed by atoms with van der Waals surface area (Å²) in [6, 6.07) is 0. The Morgan fingerprint density at radius 2 is 0.512 bits per heavy atom. The number of alkyl carbamates (subject to hydrolysis) is 1. The van der Waals surface area contributed by atoms with Gasteiger partial charge in [-0.1, -0.05) is 310 Å². The highest BCUT2D eigenvalue weighted by Crippen LogP contribution is 2.48. The monoisotopic (exact) mass is 1150 g/mol. The van der Waals surface area contributed by atoms with Crippen LogP contribution in [0.1, 0.15) is 362 Å². The Bertz CT molecular complexity index is 1480. The Labute approximate surface area is 508 Å². The number of nitrogens with zero attached hydrogens (tertiary/aromatic N) is 3. The van der Waals surface area contributed by atoms with Crippen molar-refractivity contribution in [1.82, 2.24) is 5.32 Å². The van der Waals surface area contributed by atoms with E-state index in [1.807, 2.05) is 0 Å². The Hall–Kier alpha value is -2.59. The number of rotatable bonds is 56. The molecule has 0 aliphatic heterocycles. The number of carbonyl (C=O) groups is 1. The largest absolute Gasteiger partial charge is 0.453 e. The average molecular weight is 1150 g/mol. The average Bonchev–Trinajstić information content (AvgIpc) is 3.68. The molecular weight excluding hydrogens is 1010 g/mol. The van der Waals surface area contributed by atoms with E-state index < -0.39 is 0 Å². The quantitative estimate of drug-likeness (QED) is 0.0369. The molecule has 0 aromatic carbocycles. The second kappa shape index (κ2) is 60.1. The fraction of sp³-hybridized carbons (Fsp3) is 0.945. The number of amides is 1.